The molecule has 0 unspecified atom stereocenters. The molecule has 3 N–H and O–H groups in total. The zero-order chi connectivity index (χ0) is 13.9. The molecule has 0 bridgehead atoms. The molecule has 19 heavy (non-hydrogen) atoms. The van der Waals surface area contributed by atoms with Crippen LogP contribution in [-0.2, 0) is 16.6 Å². The highest BCUT2D eigenvalue weighted by atomic mass is 32.2. The van der Waals surface area contributed by atoms with E-state index < -0.39 is 10.0 Å². The minimum absolute atomic E-state index is 0.216. The fourth-order valence-electron chi connectivity index (χ4n) is 1.51. The molecule has 8 heteroatoms. The molecule has 0 amide bonds. The summed E-state index contributed by atoms with van der Waals surface area (Å²) < 4.78 is 26.7. The monoisotopic (exact) mass is 300 g/mol. The Labute approximate surface area is 116 Å². The van der Waals surface area contributed by atoms with Gasteiger partial charge in [0.2, 0.25) is 0 Å². The first-order valence-electron chi connectivity index (χ1n) is 5.84. The van der Waals surface area contributed by atoms with Crippen LogP contribution in [0.3, 0.4) is 0 Å². The van der Waals surface area contributed by atoms with Crippen molar-refractivity contribution in [1.82, 2.24) is 15.3 Å². The minimum atomic E-state index is -3.57. The van der Waals surface area contributed by atoms with Gasteiger partial charge in [0.15, 0.2) is 5.13 Å². The van der Waals surface area contributed by atoms with E-state index in [2.05, 4.69) is 20.0 Å². The van der Waals surface area contributed by atoms with Crippen LogP contribution in [0.5, 0.6) is 0 Å². The fraction of sp³-hybridized carbons (Fsp3) is 0.364. The molecule has 2 rings (SSSR count). The molecule has 0 atom stereocenters. The first-order valence-corrected chi connectivity index (χ1v) is 8.14. The van der Waals surface area contributed by atoms with Crippen LogP contribution < -0.4 is 10.0 Å². The lowest BCUT2D eigenvalue weighted by Crippen LogP contribution is -2.13. The van der Waals surface area contributed by atoms with Crippen molar-refractivity contribution in [2.75, 3.05) is 11.3 Å². The standard InChI is InChI=1S/C11H16N4O2S2/c1-3-12-6-9-4-10(7-13-9)19(16,17)15-11-14-5-8(2)18-11/h4-5,7,12-13H,3,6H2,1-2H3,(H,14,15). The van der Waals surface area contributed by atoms with Gasteiger partial charge in [0.25, 0.3) is 10.0 Å². The highest BCUT2D eigenvalue weighted by Gasteiger charge is 2.17. The number of anilines is 1. The minimum Gasteiger partial charge on any atom is -0.363 e. The molecule has 0 saturated carbocycles. The molecule has 0 radical (unpaired) electrons. The lowest BCUT2D eigenvalue weighted by atomic mass is 10.4. The summed E-state index contributed by atoms with van der Waals surface area (Å²) in [6.07, 6.45) is 3.12. The van der Waals surface area contributed by atoms with Gasteiger partial charge in [-0.3, -0.25) is 4.72 Å². The summed E-state index contributed by atoms with van der Waals surface area (Å²) in [4.78, 5) is 8.10. The van der Waals surface area contributed by atoms with Gasteiger partial charge in [-0.05, 0) is 19.5 Å². The van der Waals surface area contributed by atoms with Crippen LogP contribution in [0, 0.1) is 6.92 Å². The molecule has 0 saturated heterocycles. The third kappa shape index (κ3) is 3.55. The zero-order valence-electron chi connectivity index (χ0n) is 10.7. The molecule has 104 valence electrons. The van der Waals surface area contributed by atoms with Crippen LogP contribution in [0.1, 0.15) is 17.5 Å². The van der Waals surface area contributed by atoms with Gasteiger partial charge in [-0.1, -0.05) is 6.92 Å². The number of sulfonamides is 1. The number of aromatic nitrogens is 2. The second-order valence-electron chi connectivity index (χ2n) is 4.02. The maximum absolute atomic E-state index is 12.1. The van der Waals surface area contributed by atoms with E-state index in [0.29, 0.717) is 11.7 Å². The lowest BCUT2D eigenvalue weighted by molar-refractivity contribution is 0.601. The number of thiazole rings is 1. The second-order valence-corrected chi connectivity index (χ2v) is 6.94. The predicted molar refractivity (Wildman–Crippen MR) is 75.8 cm³/mol. The molecule has 0 aliphatic rings. The second kappa shape index (κ2) is 5.72. The van der Waals surface area contributed by atoms with Crippen molar-refractivity contribution < 1.29 is 8.42 Å². The molecule has 2 aromatic rings. The molecule has 0 spiro atoms. The Morgan fingerprint density at radius 3 is 2.89 bits per heavy atom. The average molecular weight is 300 g/mol. The summed E-state index contributed by atoms with van der Waals surface area (Å²) in [6, 6.07) is 1.62. The normalized spacial score (nSPS) is 11.7. The number of H-pyrrole nitrogens is 1. The number of aryl methyl sites for hydroxylation is 1. The van der Waals surface area contributed by atoms with E-state index in [1.807, 2.05) is 13.8 Å². The molecule has 2 heterocycles. The highest BCUT2D eigenvalue weighted by Crippen LogP contribution is 2.21. The fourth-order valence-corrected chi connectivity index (χ4v) is 3.44. The maximum atomic E-state index is 12.1. The van der Waals surface area contributed by atoms with E-state index in [9.17, 15) is 8.42 Å². The van der Waals surface area contributed by atoms with Gasteiger partial charge in [0.1, 0.15) is 4.90 Å². The molecule has 2 aromatic heterocycles. The van der Waals surface area contributed by atoms with Crippen LogP contribution in [0.15, 0.2) is 23.4 Å². The molecule has 0 fully saturated rings. The number of nitrogens with one attached hydrogen (secondary N) is 3. The summed E-state index contributed by atoms with van der Waals surface area (Å²) >= 11 is 1.31. The molecule has 0 aliphatic carbocycles. The SMILES string of the molecule is CCNCc1cc(S(=O)(=O)Nc2ncc(C)s2)c[nH]1. The molecular weight excluding hydrogens is 284 g/mol. The van der Waals surface area contributed by atoms with Gasteiger partial charge in [0.05, 0.1) is 0 Å². The van der Waals surface area contributed by atoms with E-state index in [1.54, 1.807) is 12.3 Å². The van der Waals surface area contributed by atoms with E-state index in [-0.39, 0.29) is 4.90 Å². The molecule has 6 nitrogen and oxygen atoms in total. The molecule has 0 aliphatic heterocycles. The summed E-state index contributed by atoms with van der Waals surface area (Å²) in [5, 5.41) is 3.51. The van der Waals surface area contributed by atoms with E-state index in [0.717, 1.165) is 17.1 Å². The van der Waals surface area contributed by atoms with Crippen molar-refractivity contribution in [2.45, 2.75) is 25.3 Å². The zero-order valence-corrected chi connectivity index (χ0v) is 12.4. The van der Waals surface area contributed by atoms with Crippen LogP contribution >= 0.6 is 11.3 Å². The number of nitrogens with zero attached hydrogens (tertiary/aromatic N) is 1. The lowest BCUT2D eigenvalue weighted by Gasteiger charge is -2.01. The number of hydrogen-bond acceptors (Lipinski definition) is 5. The van der Waals surface area contributed by atoms with Crippen molar-refractivity contribution in [2.24, 2.45) is 0 Å². The average Bonchev–Trinajstić information content (AvgIpc) is 2.95. The topological polar surface area (TPSA) is 86.9 Å². The van der Waals surface area contributed by atoms with E-state index in [1.165, 1.54) is 17.5 Å². The Balaban J connectivity index is 2.13. The highest BCUT2D eigenvalue weighted by molar-refractivity contribution is 7.93. The smallest absolute Gasteiger partial charge is 0.265 e. The van der Waals surface area contributed by atoms with Crippen LogP contribution in [-0.4, -0.2) is 24.9 Å². The summed E-state index contributed by atoms with van der Waals surface area (Å²) in [5.41, 5.74) is 0.831. The van der Waals surface area contributed by atoms with Crippen molar-refractivity contribution in [1.29, 1.82) is 0 Å². The van der Waals surface area contributed by atoms with Gasteiger partial charge in [0, 0.05) is 29.5 Å². The number of hydrogen-bond donors (Lipinski definition) is 3. The summed E-state index contributed by atoms with van der Waals surface area (Å²) in [7, 11) is -3.57. The van der Waals surface area contributed by atoms with Gasteiger partial charge < -0.3 is 10.3 Å². The van der Waals surface area contributed by atoms with Gasteiger partial charge in [-0.25, -0.2) is 13.4 Å². The van der Waals surface area contributed by atoms with E-state index >= 15 is 0 Å². The van der Waals surface area contributed by atoms with Crippen molar-refractivity contribution in [3.63, 3.8) is 0 Å². The largest absolute Gasteiger partial charge is 0.363 e. The Hall–Kier alpha value is -1.38. The van der Waals surface area contributed by atoms with Crippen LogP contribution in [0.4, 0.5) is 5.13 Å². The van der Waals surface area contributed by atoms with Crippen LogP contribution in [0.25, 0.3) is 0 Å². The maximum Gasteiger partial charge on any atom is 0.265 e. The Bertz CT molecular complexity index is 645. The molecular formula is C11H16N4O2S2. The van der Waals surface area contributed by atoms with Crippen molar-refractivity contribution in [3.8, 4) is 0 Å². The number of aromatic amines is 1. The van der Waals surface area contributed by atoms with Gasteiger partial charge in [-0.15, -0.1) is 11.3 Å². The van der Waals surface area contributed by atoms with Crippen LogP contribution in [0.2, 0.25) is 0 Å². The Morgan fingerprint density at radius 1 is 1.47 bits per heavy atom. The first-order chi connectivity index (χ1) is 9.01. The van der Waals surface area contributed by atoms with E-state index in [4.69, 9.17) is 0 Å². The third-order valence-electron chi connectivity index (χ3n) is 2.44. The van der Waals surface area contributed by atoms with Gasteiger partial charge in [-0.2, -0.15) is 0 Å². The summed E-state index contributed by atoms with van der Waals surface area (Å²) in [6.45, 7) is 5.31. The van der Waals surface area contributed by atoms with Crippen molar-refractivity contribution >= 4 is 26.5 Å². The van der Waals surface area contributed by atoms with Gasteiger partial charge >= 0.3 is 0 Å². The number of rotatable bonds is 6. The van der Waals surface area contributed by atoms with Crippen molar-refractivity contribution in [3.05, 3.63) is 29.0 Å². The Morgan fingerprint density at radius 2 is 2.26 bits per heavy atom. The first kappa shape index (κ1) is 14.0. The predicted octanol–water partition coefficient (Wildman–Crippen LogP) is 1.69. The Kier molecular flexibility index (Phi) is 4.23. The summed E-state index contributed by atoms with van der Waals surface area (Å²) in [5.74, 6) is 0. The quantitative estimate of drug-likeness (QED) is 0.757. The molecule has 0 aromatic carbocycles. The third-order valence-corrected chi connectivity index (χ3v) is 4.71.